The molecule has 0 fully saturated rings. The van der Waals surface area contributed by atoms with E-state index in [1.54, 1.807) is 23.6 Å². The largest absolute Gasteiger partial charge is 0.492 e. The Kier molecular flexibility index (Phi) is 5.55. The number of halogens is 1. The maximum absolute atomic E-state index is 12.2. The van der Waals surface area contributed by atoms with Crippen molar-refractivity contribution in [3.63, 3.8) is 0 Å². The molecule has 0 saturated heterocycles. The van der Waals surface area contributed by atoms with Crippen molar-refractivity contribution in [3.05, 3.63) is 39.3 Å². The molecule has 2 rings (SSSR count). The second-order valence-corrected chi connectivity index (χ2v) is 5.57. The standard InChI is InChI=1S/C14H16ClN3O2S/c1-2-20-12-4-3-9(15)7-10(12)18-14(19)11-8-21-13(17-11)5-6-16/h3-4,7-8H,2,5-6,16H2,1H3,(H,18,19). The molecule has 0 saturated carbocycles. The van der Waals surface area contributed by atoms with Crippen LogP contribution >= 0.6 is 22.9 Å². The molecular weight excluding hydrogens is 310 g/mol. The fourth-order valence-electron chi connectivity index (χ4n) is 1.72. The molecular formula is C14H16ClN3O2S. The molecule has 0 aliphatic carbocycles. The fourth-order valence-corrected chi connectivity index (χ4v) is 2.69. The number of aromatic nitrogens is 1. The van der Waals surface area contributed by atoms with E-state index in [1.807, 2.05) is 6.92 Å². The van der Waals surface area contributed by atoms with E-state index >= 15 is 0 Å². The van der Waals surface area contributed by atoms with Gasteiger partial charge in [0.2, 0.25) is 0 Å². The molecule has 0 atom stereocenters. The topological polar surface area (TPSA) is 77.2 Å². The van der Waals surface area contributed by atoms with Crippen LogP contribution in [0, 0.1) is 0 Å². The van der Waals surface area contributed by atoms with Crippen LogP contribution in [0.4, 0.5) is 5.69 Å². The van der Waals surface area contributed by atoms with Crippen LogP contribution < -0.4 is 15.8 Å². The van der Waals surface area contributed by atoms with Gasteiger partial charge in [0, 0.05) is 16.8 Å². The van der Waals surface area contributed by atoms with E-state index in [9.17, 15) is 4.79 Å². The highest BCUT2D eigenvalue weighted by Crippen LogP contribution is 2.28. The lowest BCUT2D eigenvalue weighted by atomic mass is 10.3. The monoisotopic (exact) mass is 325 g/mol. The highest BCUT2D eigenvalue weighted by Gasteiger charge is 2.13. The van der Waals surface area contributed by atoms with Crippen molar-refractivity contribution in [2.45, 2.75) is 13.3 Å². The Balaban J connectivity index is 2.16. The Bertz CT molecular complexity index is 630. The van der Waals surface area contributed by atoms with Crippen LogP contribution in [0.5, 0.6) is 5.75 Å². The molecule has 0 aliphatic heterocycles. The summed E-state index contributed by atoms with van der Waals surface area (Å²) in [7, 11) is 0. The molecule has 0 aliphatic rings. The van der Waals surface area contributed by atoms with Gasteiger partial charge in [0.25, 0.3) is 5.91 Å². The first-order valence-electron chi connectivity index (χ1n) is 6.52. The van der Waals surface area contributed by atoms with Crippen LogP contribution in [-0.2, 0) is 6.42 Å². The summed E-state index contributed by atoms with van der Waals surface area (Å²) in [5, 5.41) is 5.86. The Labute approximate surface area is 132 Å². The van der Waals surface area contributed by atoms with Crippen molar-refractivity contribution in [2.24, 2.45) is 5.73 Å². The summed E-state index contributed by atoms with van der Waals surface area (Å²) in [5.41, 5.74) is 6.37. The van der Waals surface area contributed by atoms with Gasteiger partial charge in [0.15, 0.2) is 0 Å². The van der Waals surface area contributed by atoms with Gasteiger partial charge >= 0.3 is 0 Å². The van der Waals surface area contributed by atoms with E-state index in [1.165, 1.54) is 11.3 Å². The van der Waals surface area contributed by atoms with Crippen LogP contribution in [0.25, 0.3) is 0 Å². The van der Waals surface area contributed by atoms with E-state index in [0.29, 0.717) is 41.7 Å². The van der Waals surface area contributed by atoms with Gasteiger partial charge in [-0.05, 0) is 31.7 Å². The predicted molar refractivity (Wildman–Crippen MR) is 85.4 cm³/mol. The maximum atomic E-state index is 12.2. The third kappa shape index (κ3) is 4.17. The molecule has 21 heavy (non-hydrogen) atoms. The van der Waals surface area contributed by atoms with E-state index in [4.69, 9.17) is 22.1 Å². The Hall–Kier alpha value is -1.63. The Morgan fingerprint density at radius 3 is 3.05 bits per heavy atom. The minimum atomic E-state index is -0.294. The third-order valence-electron chi connectivity index (χ3n) is 2.63. The molecule has 2 aromatic rings. The molecule has 5 nitrogen and oxygen atoms in total. The van der Waals surface area contributed by atoms with Gasteiger partial charge in [0.05, 0.1) is 17.3 Å². The van der Waals surface area contributed by atoms with Crippen LogP contribution in [0.15, 0.2) is 23.6 Å². The number of nitrogens with zero attached hydrogens (tertiary/aromatic N) is 1. The van der Waals surface area contributed by atoms with Gasteiger partial charge in [-0.1, -0.05) is 11.6 Å². The number of carbonyl (C=O) groups is 1. The summed E-state index contributed by atoms with van der Waals surface area (Å²) in [4.78, 5) is 16.4. The SMILES string of the molecule is CCOc1ccc(Cl)cc1NC(=O)c1csc(CCN)n1. The highest BCUT2D eigenvalue weighted by molar-refractivity contribution is 7.09. The Morgan fingerprint density at radius 2 is 2.33 bits per heavy atom. The fraction of sp³-hybridized carbons (Fsp3) is 0.286. The zero-order valence-corrected chi connectivity index (χ0v) is 13.1. The first-order chi connectivity index (χ1) is 10.1. The number of hydrogen-bond donors (Lipinski definition) is 2. The zero-order valence-electron chi connectivity index (χ0n) is 11.6. The van der Waals surface area contributed by atoms with Gasteiger partial charge in [-0.3, -0.25) is 4.79 Å². The molecule has 0 unspecified atom stereocenters. The summed E-state index contributed by atoms with van der Waals surface area (Å²) < 4.78 is 5.46. The normalized spacial score (nSPS) is 10.4. The minimum Gasteiger partial charge on any atom is -0.492 e. The van der Waals surface area contributed by atoms with Crippen molar-refractivity contribution in [2.75, 3.05) is 18.5 Å². The number of hydrogen-bond acceptors (Lipinski definition) is 5. The summed E-state index contributed by atoms with van der Waals surface area (Å²) in [5.74, 6) is 0.283. The number of anilines is 1. The summed E-state index contributed by atoms with van der Waals surface area (Å²) in [6, 6.07) is 5.09. The minimum absolute atomic E-state index is 0.294. The molecule has 1 aromatic carbocycles. The number of ether oxygens (including phenoxy) is 1. The van der Waals surface area contributed by atoms with Crippen molar-refractivity contribution in [1.82, 2.24) is 4.98 Å². The average Bonchev–Trinajstić information content (AvgIpc) is 2.91. The molecule has 0 radical (unpaired) electrons. The number of amides is 1. The third-order valence-corrected chi connectivity index (χ3v) is 3.78. The van der Waals surface area contributed by atoms with Crippen LogP contribution in [0.3, 0.4) is 0 Å². The number of carbonyl (C=O) groups excluding carboxylic acids is 1. The quantitative estimate of drug-likeness (QED) is 0.856. The van der Waals surface area contributed by atoms with Crippen LogP contribution in [0.2, 0.25) is 5.02 Å². The molecule has 1 heterocycles. The van der Waals surface area contributed by atoms with Gasteiger partial charge in [-0.2, -0.15) is 0 Å². The van der Waals surface area contributed by atoms with Crippen molar-refractivity contribution in [3.8, 4) is 5.75 Å². The molecule has 0 bridgehead atoms. The molecule has 112 valence electrons. The Morgan fingerprint density at radius 1 is 1.52 bits per heavy atom. The van der Waals surface area contributed by atoms with Crippen molar-refractivity contribution in [1.29, 1.82) is 0 Å². The molecule has 1 aromatic heterocycles. The van der Waals surface area contributed by atoms with Gasteiger partial charge < -0.3 is 15.8 Å². The number of nitrogens with one attached hydrogen (secondary N) is 1. The average molecular weight is 326 g/mol. The number of nitrogens with two attached hydrogens (primary N) is 1. The van der Waals surface area contributed by atoms with E-state index < -0.39 is 0 Å². The van der Waals surface area contributed by atoms with Crippen molar-refractivity contribution < 1.29 is 9.53 Å². The molecule has 3 N–H and O–H groups in total. The second-order valence-electron chi connectivity index (χ2n) is 4.19. The van der Waals surface area contributed by atoms with Gasteiger partial charge in [0.1, 0.15) is 11.4 Å². The lowest BCUT2D eigenvalue weighted by molar-refractivity contribution is 0.102. The lowest BCUT2D eigenvalue weighted by Crippen LogP contribution is -2.14. The number of benzene rings is 1. The first-order valence-corrected chi connectivity index (χ1v) is 7.78. The molecule has 1 amide bonds. The van der Waals surface area contributed by atoms with Crippen molar-refractivity contribution >= 4 is 34.5 Å². The van der Waals surface area contributed by atoms with Gasteiger partial charge in [-0.25, -0.2) is 4.98 Å². The van der Waals surface area contributed by atoms with Gasteiger partial charge in [-0.15, -0.1) is 11.3 Å². The maximum Gasteiger partial charge on any atom is 0.275 e. The summed E-state index contributed by atoms with van der Waals surface area (Å²) >= 11 is 7.38. The summed E-state index contributed by atoms with van der Waals surface area (Å²) in [6.45, 7) is 2.89. The van der Waals surface area contributed by atoms with E-state index in [0.717, 1.165) is 5.01 Å². The molecule has 0 spiro atoms. The molecule has 7 heteroatoms. The second kappa shape index (κ2) is 7.40. The van der Waals surface area contributed by atoms with Crippen LogP contribution in [-0.4, -0.2) is 24.0 Å². The number of rotatable bonds is 6. The summed E-state index contributed by atoms with van der Waals surface area (Å²) in [6.07, 6.45) is 0.666. The van der Waals surface area contributed by atoms with E-state index in [2.05, 4.69) is 10.3 Å². The first kappa shape index (κ1) is 15.8. The number of thiazole rings is 1. The lowest BCUT2D eigenvalue weighted by Gasteiger charge is -2.11. The zero-order chi connectivity index (χ0) is 15.2. The predicted octanol–water partition coefficient (Wildman–Crippen LogP) is 2.95. The smallest absolute Gasteiger partial charge is 0.275 e. The van der Waals surface area contributed by atoms with E-state index in [-0.39, 0.29) is 5.91 Å². The highest BCUT2D eigenvalue weighted by atomic mass is 35.5. The van der Waals surface area contributed by atoms with Crippen LogP contribution in [0.1, 0.15) is 22.4 Å².